The van der Waals surface area contributed by atoms with Crippen LogP contribution in [0.5, 0.6) is 0 Å². The number of amides is 1. The van der Waals surface area contributed by atoms with Gasteiger partial charge in [-0.25, -0.2) is 4.79 Å². The van der Waals surface area contributed by atoms with Gasteiger partial charge in [-0.1, -0.05) is 29.8 Å². The van der Waals surface area contributed by atoms with E-state index in [0.717, 1.165) is 24.8 Å². The zero-order valence-electron chi connectivity index (χ0n) is 12.6. The molecule has 1 aromatic carbocycles. The van der Waals surface area contributed by atoms with Gasteiger partial charge in [0.2, 0.25) is 5.91 Å². The van der Waals surface area contributed by atoms with E-state index < -0.39 is 6.10 Å². The highest BCUT2D eigenvalue weighted by Gasteiger charge is 2.31. The van der Waals surface area contributed by atoms with Crippen LogP contribution in [0.25, 0.3) is 0 Å². The lowest BCUT2D eigenvalue weighted by Gasteiger charge is -2.14. The van der Waals surface area contributed by atoms with Crippen LogP contribution in [0, 0.1) is 0 Å². The fourth-order valence-electron chi connectivity index (χ4n) is 3.11. The minimum Gasteiger partial charge on any atom is -0.453 e. The molecule has 1 aromatic rings. The minimum absolute atomic E-state index is 0.0640. The van der Waals surface area contributed by atoms with Crippen LogP contribution >= 0.6 is 0 Å². The van der Waals surface area contributed by atoms with Crippen molar-refractivity contribution in [2.24, 2.45) is 0 Å². The lowest BCUT2D eigenvalue weighted by Crippen LogP contribution is -2.26. The molecule has 0 fully saturated rings. The molecule has 116 valence electrons. The van der Waals surface area contributed by atoms with Gasteiger partial charge in [-0.15, -0.1) is 0 Å². The molecule has 4 nitrogen and oxygen atoms in total. The van der Waals surface area contributed by atoms with E-state index in [2.05, 4.69) is 11.4 Å². The zero-order valence-corrected chi connectivity index (χ0v) is 12.6. The number of fused-ring (bicyclic) bond motifs is 1. The molecule has 0 bridgehead atoms. The fourth-order valence-corrected chi connectivity index (χ4v) is 3.11. The summed E-state index contributed by atoms with van der Waals surface area (Å²) in [5.74, 6) is -0.397. The quantitative estimate of drug-likeness (QED) is 0.670. The van der Waals surface area contributed by atoms with Crippen molar-refractivity contribution in [2.75, 3.05) is 6.54 Å². The molecule has 1 heterocycles. The van der Waals surface area contributed by atoms with Crippen molar-refractivity contribution in [1.82, 2.24) is 5.32 Å². The van der Waals surface area contributed by atoms with Crippen LogP contribution < -0.4 is 5.32 Å². The maximum atomic E-state index is 12.0. The van der Waals surface area contributed by atoms with Crippen LogP contribution in [0.2, 0.25) is 0 Å². The van der Waals surface area contributed by atoms with Crippen LogP contribution in [0.15, 0.2) is 35.9 Å². The number of benzene rings is 1. The molecule has 1 aliphatic heterocycles. The topological polar surface area (TPSA) is 55.4 Å². The van der Waals surface area contributed by atoms with Crippen LogP contribution in [0.3, 0.4) is 0 Å². The molecule has 1 atom stereocenters. The molecule has 22 heavy (non-hydrogen) atoms. The molecule has 0 saturated heterocycles. The Morgan fingerprint density at radius 2 is 2.14 bits per heavy atom. The molecule has 0 spiro atoms. The number of hydrogen-bond acceptors (Lipinski definition) is 3. The van der Waals surface area contributed by atoms with Gasteiger partial charge in [0.1, 0.15) is 6.10 Å². The third-order valence-corrected chi connectivity index (χ3v) is 4.30. The van der Waals surface area contributed by atoms with Crippen LogP contribution in [0.1, 0.15) is 60.6 Å². The molecule has 0 saturated carbocycles. The first-order chi connectivity index (χ1) is 10.7. The molecule has 0 radical (unpaired) electrons. The number of cyclic esters (lactones) is 1. The highest BCUT2D eigenvalue weighted by molar-refractivity contribution is 5.94. The van der Waals surface area contributed by atoms with Crippen LogP contribution in [-0.4, -0.2) is 18.4 Å². The lowest BCUT2D eigenvalue weighted by atomic mass is 9.97. The summed E-state index contributed by atoms with van der Waals surface area (Å²) in [5.41, 5.74) is 2.84. The second-order valence-corrected chi connectivity index (χ2v) is 5.89. The maximum Gasteiger partial charge on any atom is 0.339 e. The lowest BCUT2D eigenvalue weighted by molar-refractivity contribution is -0.122. The molecule has 0 aromatic heterocycles. The standard InChI is InChI=1S/C18H21NO3/c20-17(19-11-10-13-6-2-1-3-7-13)12-16-14-8-4-5-9-15(14)18(21)22-16/h4-6,8-9,16H,1-3,7,10-12H2,(H,19,20)/t16-/m1/s1. The molecule has 2 aliphatic rings. The Kier molecular flexibility index (Phi) is 4.56. The maximum absolute atomic E-state index is 12.0. The van der Waals surface area contributed by atoms with Crippen molar-refractivity contribution in [3.05, 3.63) is 47.0 Å². The van der Waals surface area contributed by atoms with Gasteiger partial charge in [0.05, 0.1) is 12.0 Å². The summed E-state index contributed by atoms with van der Waals surface area (Å²) < 4.78 is 5.29. The highest BCUT2D eigenvalue weighted by atomic mass is 16.5. The second kappa shape index (κ2) is 6.77. The van der Waals surface area contributed by atoms with E-state index >= 15 is 0 Å². The van der Waals surface area contributed by atoms with Gasteiger partial charge in [-0.2, -0.15) is 0 Å². The Morgan fingerprint density at radius 3 is 2.95 bits per heavy atom. The number of nitrogens with one attached hydrogen (secondary N) is 1. The SMILES string of the molecule is O=C(C[C@H]1OC(=O)c2ccccc21)NCCC1=CCCCC1. The van der Waals surface area contributed by atoms with Crippen molar-refractivity contribution in [3.63, 3.8) is 0 Å². The summed E-state index contributed by atoms with van der Waals surface area (Å²) in [4.78, 5) is 23.8. The van der Waals surface area contributed by atoms with Crippen LogP contribution in [0.4, 0.5) is 0 Å². The van der Waals surface area contributed by atoms with Crippen molar-refractivity contribution >= 4 is 11.9 Å². The van der Waals surface area contributed by atoms with E-state index in [1.807, 2.05) is 12.1 Å². The van der Waals surface area contributed by atoms with Gasteiger partial charge in [0.25, 0.3) is 0 Å². The third kappa shape index (κ3) is 3.38. The number of allylic oxidation sites excluding steroid dienone is 1. The van der Waals surface area contributed by atoms with E-state index in [4.69, 9.17) is 4.74 Å². The average Bonchev–Trinajstić information content (AvgIpc) is 2.85. The molecule has 1 N–H and O–H groups in total. The van der Waals surface area contributed by atoms with Gasteiger partial charge in [0.15, 0.2) is 0 Å². The normalized spacial score (nSPS) is 20.1. The predicted octanol–water partition coefficient (Wildman–Crippen LogP) is 3.29. The largest absolute Gasteiger partial charge is 0.453 e. The number of carbonyl (C=O) groups excluding carboxylic acids is 2. The molecular weight excluding hydrogens is 278 g/mol. The van der Waals surface area contributed by atoms with E-state index in [0.29, 0.717) is 12.1 Å². The summed E-state index contributed by atoms with van der Waals surface area (Å²) in [6.07, 6.45) is 7.83. The van der Waals surface area contributed by atoms with Crippen molar-refractivity contribution < 1.29 is 14.3 Å². The Bertz CT molecular complexity index is 606. The zero-order chi connectivity index (χ0) is 15.4. The summed E-state index contributed by atoms with van der Waals surface area (Å²) >= 11 is 0. The summed E-state index contributed by atoms with van der Waals surface area (Å²) in [5, 5.41) is 2.93. The molecule has 3 rings (SSSR count). The van der Waals surface area contributed by atoms with E-state index in [-0.39, 0.29) is 18.3 Å². The summed E-state index contributed by atoms with van der Waals surface area (Å²) in [6, 6.07) is 7.26. The fraction of sp³-hybridized carbons (Fsp3) is 0.444. The third-order valence-electron chi connectivity index (χ3n) is 4.30. The Balaban J connectivity index is 1.48. The van der Waals surface area contributed by atoms with E-state index in [9.17, 15) is 9.59 Å². The number of rotatable bonds is 5. The molecular formula is C18H21NO3. The first kappa shape index (κ1) is 14.8. The average molecular weight is 299 g/mol. The molecule has 4 heteroatoms. The number of ether oxygens (including phenoxy) is 1. The number of esters is 1. The summed E-state index contributed by atoms with van der Waals surface area (Å²) in [6.45, 7) is 0.660. The van der Waals surface area contributed by atoms with Crippen molar-refractivity contribution in [1.29, 1.82) is 0 Å². The van der Waals surface area contributed by atoms with Crippen LogP contribution in [-0.2, 0) is 9.53 Å². The van der Waals surface area contributed by atoms with Crippen molar-refractivity contribution in [2.45, 2.75) is 44.6 Å². The Morgan fingerprint density at radius 1 is 1.27 bits per heavy atom. The molecule has 0 unspecified atom stereocenters. The van der Waals surface area contributed by atoms with Gasteiger partial charge in [0, 0.05) is 12.1 Å². The van der Waals surface area contributed by atoms with E-state index in [1.54, 1.807) is 12.1 Å². The molecule has 1 amide bonds. The van der Waals surface area contributed by atoms with Gasteiger partial charge in [-0.3, -0.25) is 4.79 Å². The predicted molar refractivity (Wildman–Crippen MR) is 83.4 cm³/mol. The van der Waals surface area contributed by atoms with E-state index in [1.165, 1.54) is 18.4 Å². The second-order valence-electron chi connectivity index (χ2n) is 5.89. The minimum atomic E-state index is -0.447. The Labute approximate surface area is 130 Å². The van der Waals surface area contributed by atoms with Gasteiger partial charge >= 0.3 is 5.97 Å². The first-order valence-electron chi connectivity index (χ1n) is 7.98. The smallest absolute Gasteiger partial charge is 0.339 e. The monoisotopic (exact) mass is 299 g/mol. The number of carbonyl (C=O) groups is 2. The molecule has 1 aliphatic carbocycles. The Hall–Kier alpha value is -2.10. The first-order valence-corrected chi connectivity index (χ1v) is 7.98. The summed E-state index contributed by atoms with van der Waals surface area (Å²) in [7, 11) is 0. The highest BCUT2D eigenvalue weighted by Crippen LogP contribution is 2.32. The number of hydrogen-bond donors (Lipinski definition) is 1. The van der Waals surface area contributed by atoms with Gasteiger partial charge < -0.3 is 10.1 Å². The van der Waals surface area contributed by atoms with Crippen molar-refractivity contribution in [3.8, 4) is 0 Å². The van der Waals surface area contributed by atoms with Gasteiger partial charge in [-0.05, 0) is 38.2 Å².